The Morgan fingerprint density at radius 1 is 1.11 bits per heavy atom. The van der Waals surface area contributed by atoms with Crippen LogP contribution in [0.25, 0.3) is 0 Å². The minimum Gasteiger partial charge on any atom is -0.482 e. The Hall–Kier alpha value is -2.53. The number of hydrogen-bond acceptors (Lipinski definition) is 4. The average molecular weight is 388 g/mol. The molecule has 0 unspecified atom stereocenters. The lowest BCUT2D eigenvalue weighted by molar-refractivity contribution is -0.150. The molecule has 0 heterocycles. The number of halogens is 1. The van der Waals surface area contributed by atoms with Gasteiger partial charge >= 0.3 is 5.97 Å². The molecule has 5 nitrogen and oxygen atoms in total. The van der Waals surface area contributed by atoms with Gasteiger partial charge in [0.25, 0.3) is 5.91 Å². The molecule has 6 heteroatoms. The number of ether oxygens (including phenoxy) is 2. The first kappa shape index (κ1) is 19.2. The number of nitrogens with one attached hydrogen (secondary N) is 1. The summed E-state index contributed by atoms with van der Waals surface area (Å²) in [6.45, 7) is 1.23. The molecule has 1 N–H and O–H groups in total. The number of rotatable bonds is 7. The summed E-state index contributed by atoms with van der Waals surface area (Å²) in [4.78, 5) is 23.8. The predicted octanol–water partition coefficient (Wildman–Crippen LogP) is 3.63. The van der Waals surface area contributed by atoms with E-state index in [0.717, 1.165) is 24.8 Å². The Morgan fingerprint density at radius 2 is 1.89 bits per heavy atom. The van der Waals surface area contributed by atoms with Crippen LogP contribution in [0.1, 0.15) is 36.1 Å². The van der Waals surface area contributed by atoms with Crippen molar-refractivity contribution in [2.75, 3.05) is 13.2 Å². The molecule has 1 aliphatic carbocycles. The summed E-state index contributed by atoms with van der Waals surface area (Å²) in [6.07, 6.45) is 3.29. The van der Waals surface area contributed by atoms with Crippen LogP contribution in [0.2, 0.25) is 5.02 Å². The van der Waals surface area contributed by atoms with E-state index in [4.69, 9.17) is 21.1 Å². The maximum absolute atomic E-state index is 12.0. The second-order valence-corrected chi connectivity index (χ2v) is 6.95. The molecule has 0 spiro atoms. The summed E-state index contributed by atoms with van der Waals surface area (Å²) >= 11 is 6.11. The first-order valence-electron chi connectivity index (χ1n) is 8.97. The lowest BCUT2D eigenvalue weighted by Crippen LogP contribution is -2.32. The maximum atomic E-state index is 12.0. The van der Waals surface area contributed by atoms with E-state index in [0.29, 0.717) is 10.8 Å². The SMILES string of the molecule is C[C@H](NC(=O)COC(=O)COc1ccc2c(c1)CCC2)c1ccccc1Cl. The molecule has 0 fully saturated rings. The van der Waals surface area contributed by atoms with Crippen molar-refractivity contribution in [2.24, 2.45) is 0 Å². The van der Waals surface area contributed by atoms with Crippen LogP contribution in [0, 0.1) is 0 Å². The van der Waals surface area contributed by atoms with Crippen LogP contribution < -0.4 is 10.1 Å². The fourth-order valence-corrected chi connectivity index (χ4v) is 3.45. The second kappa shape index (κ2) is 8.91. The predicted molar refractivity (Wildman–Crippen MR) is 103 cm³/mol. The van der Waals surface area contributed by atoms with Gasteiger partial charge in [-0.15, -0.1) is 0 Å². The third-order valence-corrected chi connectivity index (χ3v) is 4.88. The zero-order valence-corrected chi connectivity index (χ0v) is 15.9. The van der Waals surface area contributed by atoms with Gasteiger partial charge in [0, 0.05) is 5.02 Å². The Bertz CT molecular complexity index is 837. The van der Waals surface area contributed by atoms with Crippen molar-refractivity contribution < 1.29 is 19.1 Å². The van der Waals surface area contributed by atoms with E-state index in [1.54, 1.807) is 6.07 Å². The number of fused-ring (bicyclic) bond motifs is 1. The van der Waals surface area contributed by atoms with E-state index >= 15 is 0 Å². The molecular formula is C21H22ClNO4. The van der Waals surface area contributed by atoms with Gasteiger partial charge in [0.05, 0.1) is 6.04 Å². The minimum absolute atomic E-state index is 0.230. The Kier molecular flexibility index (Phi) is 6.35. The number of carbonyl (C=O) groups is 2. The van der Waals surface area contributed by atoms with Gasteiger partial charge in [-0.2, -0.15) is 0 Å². The van der Waals surface area contributed by atoms with Crippen LogP contribution in [-0.4, -0.2) is 25.1 Å². The molecule has 0 radical (unpaired) electrons. The van der Waals surface area contributed by atoms with E-state index in [1.165, 1.54) is 11.1 Å². The van der Waals surface area contributed by atoms with Gasteiger partial charge in [0.15, 0.2) is 13.2 Å². The van der Waals surface area contributed by atoms with E-state index in [1.807, 2.05) is 43.3 Å². The van der Waals surface area contributed by atoms with Crippen molar-refractivity contribution >= 4 is 23.5 Å². The van der Waals surface area contributed by atoms with E-state index in [2.05, 4.69) is 5.32 Å². The van der Waals surface area contributed by atoms with Crippen LogP contribution >= 0.6 is 11.6 Å². The fourth-order valence-electron chi connectivity index (χ4n) is 3.16. The highest BCUT2D eigenvalue weighted by Gasteiger charge is 2.15. The molecular weight excluding hydrogens is 366 g/mol. The van der Waals surface area contributed by atoms with Crippen LogP contribution in [0.3, 0.4) is 0 Å². The molecule has 2 aromatic carbocycles. The van der Waals surface area contributed by atoms with E-state index in [9.17, 15) is 9.59 Å². The number of benzene rings is 2. The molecule has 0 saturated carbocycles. The summed E-state index contributed by atoms with van der Waals surface area (Å²) in [5, 5.41) is 3.33. The van der Waals surface area contributed by atoms with E-state index in [-0.39, 0.29) is 19.3 Å². The summed E-state index contributed by atoms with van der Waals surface area (Å²) in [5.41, 5.74) is 3.42. The van der Waals surface area contributed by atoms with Crippen molar-refractivity contribution in [3.63, 3.8) is 0 Å². The number of hydrogen-bond donors (Lipinski definition) is 1. The molecule has 0 saturated heterocycles. The van der Waals surface area contributed by atoms with Gasteiger partial charge in [-0.25, -0.2) is 4.79 Å². The monoisotopic (exact) mass is 387 g/mol. The lowest BCUT2D eigenvalue weighted by Gasteiger charge is -2.15. The summed E-state index contributed by atoms with van der Waals surface area (Å²) < 4.78 is 10.4. The van der Waals surface area contributed by atoms with E-state index < -0.39 is 11.9 Å². The molecule has 2 aromatic rings. The summed E-state index contributed by atoms with van der Waals surface area (Å²) in [6, 6.07) is 12.8. The zero-order valence-electron chi connectivity index (χ0n) is 15.2. The van der Waals surface area contributed by atoms with Gasteiger partial charge in [0.1, 0.15) is 5.75 Å². The first-order chi connectivity index (χ1) is 13.0. The Balaban J connectivity index is 1.41. The summed E-state index contributed by atoms with van der Waals surface area (Å²) in [7, 11) is 0. The quantitative estimate of drug-likeness (QED) is 0.737. The van der Waals surface area contributed by atoms with Gasteiger partial charge in [0.2, 0.25) is 0 Å². The van der Waals surface area contributed by atoms with Crippen molar-refractivity contribution in [1.29, 1.82) is 0 Å². The highest BCUT2D eigenvalue weighted by Crippen LogP contribution is 2.26. The molecule has 1 atom stereocenters. The molecule has 27 heavy (non-hydrogen) atoms. The molecule has 142 valence electrons. The number of aryl methyl sites for hydroxylation is 2. The highest BCUT2D eigenvalue weighted by molar-refractivity contribution is 6.31. The third-order valence-electron chi connectivity index (χ3n) is 4.54. The molecule has 3 rings (SSSR count). The van der Waals surface area contributed by atoms with Gasteiger partial charge < -0.3 is 14.8 Å². The zero-order chi connectivity index (χ0) is 19.2. The number of esters is 1. The number of carbonyl (C=O) groups excluding carboxylic acids is 2. The molecule has 0 aromatic heterocycles. The Labute approximate surface area is 163 Å². The minimum atomic E-state index is -0.587. The van der Waals surface area contributed by atoms with Crippen LogP contribution in [0.5, 0.6) is 5.75 Å². The fraction of sp³-hybridized carbons (Fsp3) is 0.333. The van der Waals surface area contributed by atoms with Crippen molar-refractivity contribution in [3.8, 4) is 5.75 Å². The van der Waals surface area contributed by atoms with Crippen LogP contribution in [-0.2, 0) is 27.2 Å². The van der Waals surface area contributed by atoms with Crippen molar-refractivity contribution in [1.82, 2.24) is 5.32 Å². The Morgan fingerprint density at radius 3 is 2.70 bits per heavy atom. The highest BCUT2D eigenvalue weighted by atomic mass is 35.5. The molecule has 0 bridgehead atoms. The lowest BCUT2D eigenvalue weighted by atomic mass is 10.1. The number of amides is 1. The van der Waals surface area contributed by atoms with Gasteiger partial charge in [-0.05, 0) is 61.1 Å². The third kappa shape index (κ3) is 5.23. The van der Waals surface area contributed by atoms with Crippen LogP contribution in [0.15, 0.2) is 42.5 Å². The topological polar surface area (TPSA) is 64.6 Å². The maximum Gasteiger partial charge on any atom is 0.344 e. The van der Waals surface area contributed by atoms with Crippen molar-refractivity contribution in [3.05, 3.63) is 64.2 Å². The van der Waals surface area contributed by atoms with Crippen molar-refractivity contribution in [2.45, 2.75) is 32.2 Å². The van der Waals surface area contributed by atoms with Gasteiger partial charge in [-0.1, -0.05) is 35.9 Å². The molecule has 0 aliphatic heterocycles. The first-order valence-corrected chi connectivity index (χ1v) is 9.35. The molecule has 1 amide bonds. The average Bonchev–Trinajstić information content (AvgIpc) is 3.12. The summed E-state index contributed by atoms with van der Waals surface area (Å²) in [5.74, 6) is -0.339. The molecule has 1 aliphatic rings. The standard InChI is InChI=1S/C21H22ClNO4/c1-14(18-7-2-3-8-19(18)22)23-20(24)12-27-21(25)13-26-17-10-9-15-5-4-6-16(15)11-17/h2-3,7-11,14H,4-6,12-13H2,1H3,(H,23,24)/t14-/m0/s1. The largest absolute Gasteiger partial charge is 0.482 e. The van der Waals surface area contributed by atoms with Crippen LogP contribution in [0.4, 0.5) is 0 Å². The van der Waals surface area contributed by atoms with Gasteiger partial charge in [-0.3, -0.25) is 4.79 Å². The normalized spacial score (nSPS) is 13.6. The smallest absolute Gasteiger partial charge is 0.344 e. The second-order valence-electron chi connectivity index (χ2n) is 6.54.